The second-order valence-corrected chi connectivity index (χ2v) is 4.89. The van der Waals surface area contributed by atoms with Crippen molar-refractivity contribution in [2.24, 2.45) is 0 Å². The Balaban J connectivity index is 2.12. The normalized spacial score (nSPS) is 34.4. The molecule has 2 heterocycles. The lowest BCUT2D eigenvalue weighted by Crippen LogP contribution is -2.56. The second-order valence-electron chi connectivity index (χ2n) is 4.89. The first kappa shape index (κ1) is 15.4. The average molecular weight is 287 g/mol. The maximum absolute atomic E-state index is 9.98. The van der Waals surface area contributed by atoms with Gasteiger partial charge in [-0.1, -0.05) is 0 Å². The van der Waals surface area contributed by atoms with Crippen molar-refractivity contribution in [1.29, 1.82) is 0 Å². The molecule has 114 valence electrons. The Labute approximate surface area is 116 Å². The Morgan fingerprint density at radius 1 is 1.30 bits per heavy atom. The number of aromatic nitrogens is 2. The summed E-state index contributed by atoms with van der Waals surface area (Å²) in [7, 11) is 1.84. The Hall–Kier alpha value is -1.03. The van der Waals surface area contributed by atoms with Gasteiger partial charge in [0.25, 0.3) is 0 Å². The highest BCUT2D eigenvalue weighted by Crippen LogP contribution is 2.28. The van der Waals surface area contributed by atoms with Crippen molar-refractivity contribution in [3.63, 3.8) is 0 Å². The van der Waals surface area contributed by atoms with Gasteiger partial charge < -0.3 is 35.0 Å². The highest BCUT2D eigenvalue weighted by molar-refractivity contribution is 5.00. The smallest absolute Gasteiger partial charge is 0.164 e. The fourth-order valence-electron chi connectivity index (χ4n) is 2.23. The number of aliphatic hydroxyl groups excluding tert-OH is 4. The number of rotatable bonds is 5. The minimum absolute atomic E-state index is 0.442. The molecule has 1 fully saturated rings. The maximum atomic E-state index is 9.98. The quantitative estimate of drug-likeness (QED) is 0.410. The molecule has 1 aliphatic heterocycles. The summed E-state index contributed by atoms with van der Waals surface area (Å²) in [6.07, 6.45) is -1.89. The van der Waals surface area contributed by atoms with E-state index in [0.29, 0.717) is 0 Å². The van der Waals surface area contributed by atoms with Gasteiger partial charge in [-0.05, 0) is 7.05 Å². The van der Waals surface area contributed by atoms with Crippen molar-refractivity contribution in [2.75, 3.05) is 20.2 Å². The Kier molecular flexibility index (Phi) is 5.08. The first-order chi connectivity index (χ1) is 9.58. The largest absolute Gasteiger partial charge is 0.394 e. The van der Waals surface area contributed by atoms with E-state index in [1.165, 1.54) is 10.9 Å². The first-order valence-corrected chi connectivity index (χ1v) is 6.56. The van der Waals surface area contributed by atoms with Gasteiger partial charge in [-0.3, -0.25) is 0 Å². The predicted octanol–water partition coefficient (Wildman–Crippen LogP) is -2.38. The third kappa shape index (κ3) is 3.00. The number of imidazole rings is 1. The van der Waals surface area contributed by atoms with Gasteiger partial charge in [0.05, 0.1) is 18.6 Å². The summed E-state index contributed by atoms with van der Waals surface area (Å²) in [5.41, 5.74) is 0.816. The highest BCUT2D eigenvalue weighted by atomic mass is 16.6. The lowest BCUT2D eigenvalue weighted by Gasteiger charge is -2.40. The van der Waals surface area contributed by atoms with Gasteiger partial charge in [0.1, 0.15) is 24.4 Å². The summed E-state index contributed by atoms with van der Waals surface area (Å²) in [6.45, 7) is 0.328. The molecule has 8 nitrogen and oxygen atoms in total. The molecule has 8 heteroatoms. The standard InChI is InChI=1S/C12H21N3O5/c1-13-3-2-7-4-15(6-14-7)12-11(19)10(18)9(17)8(5-16)20-12/h4,6,8-13,16-19H,2-3,5H2,1H3/t8-,9+,10+,11-,12-/m0/s1. The first-order valence-electron chi connectivity index (χ1n) is 6.56. The van der Waals surface area contributed by atoms with Crippen LogP contribution in [0.1, 0.15) is 11.9 Å². The van der Waals surface area contributed by atoms with E-state index in [9.17, 15) is 15.3 Å². The zero-order valence-electron chi connectivity index (χ0n) is 11.3. The summed E-state index contributed by atoms with van der Waals surface area (Å²) < 4.78 is 6.97. The Bertz CT molecular complexity index is 425. The minimum atomic E-state index is -1.38. The van der Waals surface area contributed by atoms with Gasteiger partial charge in [-0.25, -0.2) is 4.98 Å². The molecule has 0 aromatic carbocycles. The van der Waals surface area contributed by atoms with Crippen LogP contribution in [0.3, 0.4) is 0 Å². The SMILES string of the molecule is CNCCc1cn([C@H]2O[C@@H](CO)[C@@H](O)[C@@H](O)[C@@H]2O)cn1. The number of hydrogen-bond donors (Lipinski definition) is 5. The zero-order valence-corrected chi connectivity index (χ0v) is 11.3. The molecule has 1 aromatic rings. The lowest BCUT2D eigenvalue weighted by molar-refractivity contribution is -0.251. The predicted molar refractivity (Wildman–Crippen MR) is 68.9 cm³/mol. The summed E-state index contributed by atoms with van der Waals surface area (Å²) in [4.78, 5) is 4.18. The molecule has 1 aliphatic rings. The molecular formula is C12H21N3O5. The molecule has 0 radical (unpaired) electrons. The van der Waals surface area contributed by atoms with E-state index in [2.05, 4.69) is 10.3 Å². The number of nitrogens with one attached hydrogen (secondary N) is 1. The molecule has 5 atom stereocenters. The molecule has 1 aromatic heterocycles. The van der Waals surface area contributed by atoms with Crippen LogP contribution >= 0.6 is 0 Å². The Morgan fingerprint density at radius 2 is 2.05 bits per heavy atom. The second kappa shape index (κ2) is 6.61. The summed E-state index contributed by atoms with van der Waals surface area (Å²) in [5, 5.41) is 41.6. The molecule has 0 spiro atoms. The summed E-state index contributed by atoms with van der Waals surface area (Å²) in [5.74, 6) is 0. The highest BCUT2D eigenvalue weighted by Gasteiger charge is 2.44. The molecule has 5 N–H and O–H groups in total. The zero-order chi connectivity index (χ0) is 14.7. The van der Waals surface area contributed by atoms with E-state index in [-0.39, 0.29) is 0 Å². The third-order valence-corrected chi connectivity index (χ3v) is 3.45. The van der Waals surface area contributed by atoms with Crippen molar-refractivity contribution < 1.29 is 25.2 Å². The molecule has 0 bridgehead atoms. The molecule has 0 amide bonds. The van der Waals surface area contributed by atoms with Crippen LogP contribution in [-0.4, -0.2) is 74.6 Å². The maximum Gasteiger partial charge on any atom is 0.164 e. The number of hydrogen-bond acceptors (Lipinski definition) is 7. The van der Waals surface area contributed by atoms with Crippen LogP contribution in [-0.2, 0) is 11.2 Å². The topological polar surface area (TPSA) is 120 Å². The molecule has 0 saturated carbocycles. The Morgan fingerprint density at radius 3 is 2.70 bits per heavy atom. The van der Waals surface area contributed by atoms with Gasteiger partial charge in [0, 0.05) is 19.2 Å². The van der Waals surface area contributed by atoms with Crippen LogP contribution in [0.5, 0.6) is 0 Å². The molecule has 1 saturated heterocycles. The van der Waals surface area contributed by atoms with E-state index >= 15 is 0 Å². The number of likely N-dealkylation sites (N-methyl/N-ethyl adjacent to an activating group) is 1. The van der Waals surface area contributed by atoms with Gasteiger partial charge in [-0.15, -0.1) is 0 Å². The van der Waals surface area contributed by atoms with E-state index in [0.717, 1.165) is 18.7 Å². The van der Waals surface area contributed by atoms with Crippen LogP contribution in [0.4, 0.5) is 0 Å². The van der Waals surface area contributed by atoms with E-state index in [1.807, 2.05) is 7.05 Å². The fraction of sp³-hybridized carbons (Fsp3) is 0.750. The molecule has 0 aliphatic carbocycles. The summed E-state index contributed by atoms with van der Waals surface area (Å²) in [6, 6.07) is 0. The molecule has 0 unspecified atom stereocenters. The van der Waals surface area contributed by atoms with Gasteiger partial charge in [-0.2, -0.15) is 0 Å². The minimum Gasteiger partial charge on any atom is -0.394 e. The van der Waals surface area contributed by atoms with Crippen molar-refractivity contribution in [3.05, 3.63) is 18.2 Å². The molecular weight excluding hydrogens is 266 g/mol. The van der Waals surface area contributed by atoms with Gasteiger partial charge in [0.2, 0.25) is 0 Å². The van der Waals surface area contributed by atoms with Crippen LogP contribution < -0.4 is 5.32 Å². The van der Waals surface area contributed by atoms with Crippen LogP contribution in [0, 0.1) is 0 Å². The van der Waals surface area contributed by atoms with E-state index < -0.39 is 37.3 Å². The van der Waals surface area contributed by atoms with Crippen molar-refractivity contribution >= 4 is 0 Å². The van der Waals surface area contributed by atoms with Crippen LogP contribution in [0.15, 0.2) is 12.5 Å². The third-order valence-electron chi connectivity index (χ3n) is 3.45. The van der Waals surface area contributed by atoms with Crippen molar-refractivity contribution in [3.8, 4) is 0 Å². The van der Waals surface area contributed by atoms with Gasteiger partial charge in [0.15, 0.2) is 6.23 Å². The monoisotopic (exact) mass is 287 g/mol. The number of nitrogens with zero attached hydrogens (tertiary/aromatic N) is 2. The number of ether oxygens (including phenoxy) is 1. The van der Waals surface area contributed by atoms with Crippen LogP contribution in [0.25, 0.3) is 0 Å². The average Bonchev–Trinajstić information content (AvgIpc) is 2.91. The summed E-state index contributed by atoms with van der Waals surface area (Å²) >= 11 is 0. The van der Waals surface area contributed by atoms with E-state index in [4.69, 9.17) is 9.84 Å². The molecule has 2 rings (SSSR count). The van der Waals surface area contributed by atoms with E-state index in [1.54, 1.807) is 6.20 Å². The fourth-order valence-corrected chi connectivity index (χ4v) is 2.23. The van der Waals surface area contributed by atoms with Crippen molar-refractivity contribution in [1.82, 2.24) is 14.9 Å². The van der Waals surface area contributed by atoms with Gasteiger partial charge >= 0.3 is 0 Å². The van der Waals surface area contributed by atoms with Crippen LogP contribution in [0.2, 0.25) is 0 Å². The van der Waals surface area contributed by atoms with Crippen molar-refractivity contribution in [2.45, 2.75) is 37.1 Å². The number of aliphatic hydroxyl groups is 4. The lowest BCUT2D eigenvalue weighted by atomic mass is 9.98. The molecule has 20 heavy (non-hydrogen) atoms.